The molecule has 0 radical (unpaired) electrons. The summed E-state index contributed by atoms with van der Waals surface area (Å²) in [6.07, 6.45) is 11.0. The lowest BCUT2D eigenvalue weighted by Gasteiger charge is -2.30. The van der Waals surface area contributed by atoms with E-state index in [2.05, 4.69) is 27.0 Å². The van der Waals surface area contributed by atoms with Crippen LogP contribution in [0.25, 0.3) is 11.1 Å². The maximum Gasteiger partial charge on any atom is 0.271 e. The highest BCUT2D eigenvalue weighted by Crippen LogP contribution is 2.48. The first-order valence-electron chi connectivity index (χ1n) is 13.1. The normalized spacial score (nSPS) is 22.5. The van der Waals surface area contributed by atoms with Crippen LogP contribution in [-0.4, -0.2) is 51.1 Å². The highest BCUT2D eigenvalue weighted by molar-refractivity contribution is 5.99. The molecule has 1 aliphatic heterocycles. The average Bonchev–Trinajstić information content (AvgIpc) is 3.28. The summed E-state index contributed by atoms with van der Waals surface area (Å²) >= 11 is 0. The first kappa shape index (κ1) is 24.4. The number of nitrogens with one attached hydrogen (secondary N) is 2. The van der Waals surface area contributed by atoms with Gasteiger partial charge in [-0.05, 0) is 51.0 Å². The van der Waals surface area contributed by atoms with Crippen molar-refractivity contribution >= 4 is 29.0 Å². The standard InChI is InChI=1S/C27H31N7O4/c1-37-24-18(17-14-29-34(15-17)21-7-3-10-27(21)11-4-12-38-27)5-2-6-19(24)30-20-13-22(31-26(36)16-8-9-16)32-33-23(20)25(28)35/h2,5-6,13-16,21H,3-4,7-12H2,1H3,(H2,28,35)(H2,30,31,32,36). The smallest absolute Gasteiger partial charge is 0.271 e. The minimum atomic E-state index is -0.740. The number of nitrogens with two attached hydrogens (primary N) is 1. The van der Waals surface area contributed by atoms with Crippen molar-refractivity contribution in [3.63, 3.8) is 0 Å². The Labute approximate surface area is 220 Å². The quantitative estimate of drug-likeness (QED) is 0.409. The molecule has 3 aromatic rings. The summed E-state index contributed by atoms with van der Waals surface area (Å²) in [6, 6.07) is 7.46. The molecule has 4 N–H and O–H groups in total. The van der Waals surface area contributed by atoms with Gasteiger partial charge in [0.25, 0.3) is 5.91 Å². The van der Waals surface area contributed by atoms with Crippen LogP contribution in [0.15, 0.2) is 36.7 Å². The summed E-state index contributed by atoms with van der Waals surface area (Å²) in [7, 11) is 1.59. The lowest BCUT2D eigenvalue weighted by Crippen LogP contribution is -2.34. The van der Waals surface area contributed by atoms with Crippen molar-refractivity contribution in [3.05, 3.63) is 42.4 Å². The van der Waals surface area contributed by atoms with Gasteiger partial charge in [0.1, 0.15) is 5.75 Å². The number of anilines is 3. The third kappa shape index (κ3) is 4.47. The Kier molecular flexibility index (Phi) is 6.22. The zero-order valence-corrected chi connectivity index (χ0v) is 21.3. The fraction of sp³-hybridized carbons (Fsp3) is 0.444. The summed E-state index contributed by atoms with van der Waals surface area (Å²) in [5.74, 6) is -0.0376. The van der Waals surface area contributed by atoms with Gasteiger partial charge in [0.05, 0.1) is 36.3 Å². The fourth-order valence-electron chi connectivity index (χ4n) is 5.76. The van der Waals surface area contributed by atoms with Gasteiger partial charge in [0, 0.05) is 35.9 Å². The largest absolute Gasteiger partial charge is 0.494 e. The molecule has 3 aliphatic rings. The minimum Gasteiger partial charge on any atom is -0.494 e. The molecule has 2 unspecified atom stereocenters. The molecule has 2 aliphatic carbocycles. The number of benzene rings is 1. The average molecular weight is 518 g/mol. The molecule has 11 nitrogen and oxygen atoms in total. The maximum absolute atomic E-state index is 12.2. The van der Waals surface area contributed by atoms with Gasteiger partial charge in [0.15, 0.2) is 11.5 Å². The summed E-state index contributed by atoms with van der Waals surface area (Å²) in [5.41, 5.74) is 8.07. The van der Waals surface area contributed by atoms with Crippen molar-refractivity contribution in [2.75, 3.05) is 24.4 Å². The van der Waals surface area contributed by atoms with Crippen LogP contribution in [0.2, 0.25) is 0 Å². The van der Waals surface area contributed by atoms with E-state index < -0.39 is 5.91 Å². The van der Waals surface area contributed by atoms with Gasteiger partial charge in [-0.25, -0.2) is 0 Å². The molecule has 0 bridgehead atoms. The maximum atomic E-state index is 12.2. The first-order valence-corrected chi connectivity index (χ1v) is 13.1. The summed E-state index contributed by atoms with van der Waals surface area (Å²) < 4.78 is 14.1. The number of hydrogen-bond donors (Lipinski definition) is 3. The van der Waals surface area contributed by atoms with Crippen LogP contribution in [0.3, 0.4) is 0 Å². The minimum absolute atomic E-state index is 0.000983. The Morgan fingerprint density at radius 3 is 2.74 bits per heavy atom. The molecule has 1 aromatic carbocycles. The predicted octanol–water partition coefficient (Wildman–Crippen LogP) is 3.81. The molecule has 6 rings (SSSR count). The van der Waals surface area contributed by atoms with Crippen LogP contribution in [0.5, 0.6) is 5.75 Å². The second-order valence-electron chi connectivity index (χ2n) is 10.3. The molecule has 1 saturated heterocycles. The second kappa shape index (κ2) is 9.71. The lowest BCUT2D eigenvalue weighted by molar-refractivity contribution is -0.117. The number of primary amides is 1. The van der Waals surface area contributed by atoms with Gasteiger partial charge < -0.3 is 25.8 Å². The fourth-order valence-corrected chi connectivity index (χ4v) is 5.76. The topological polar surface area (TPSA) is 146 Å². The van der Waals surface area contributed by atoms with Crippen molar-refractivity contribution in [1.82, 2.24) is 20.0 Å². The number of amides is 2. The van der Waals surface area contributed by atoms with Crippen molar-refractivity contribution in [1.29, 1.82) is 0 Å². The molecule has 1 spiro atoms. The van der Waals surface area contributed by atoms with Gasteiger partial charge in [-0.2, -0.15) is 5.10 Å². The molecule has 3 fully saturated rings. The zero-order chi connectivity index (χ0) is 26.3. The van der Waals surface area contributed by atoms with E-state index in [-0.39, 0.29) is 35.0 Å². The van der Waals surface area contributed by atoms with Crippen LogP contribution in [-0.2, 0) is 9.53 Å². The van der Waals surface area contributed by atoms with Crippen LogP contribution < -0.4 is 21.1 Å². The van der Waals surface area contributed by atoms with E-state index in [4.69, 9.17) is 20.3 Å². The highest BCUT2D eigenvalue weighted by Gasteiger charge is 2.47. The Bertz CT molecular complexity index is 1370. The van der Waals surface area contributed by atoms with Crippen LogP contribution in [0, 0.1) is 5.92 Å². The van der Waals surface area contributed by atoms with E-state index in [1.165, 1.54) is 0 Å². The zero-order valence-electron chi connectivity index (χ0n) is 21.3. The SMILES string of the molecule is COc1c(Nc2cc(NC(=O)C3CC3)nnc2C(N)=O)cccc1-c1cnn(C2CCCC23CCCO3)c1. The predicted molar refractivity (Wildman–Crippen MR) is 140 cm³/mol. The van der Waals surface area contributed by atoms with E-state index in [0.717, 1.165) is 62.7 Å². The highest BCUT2D eigenvalue weighted by atomic mass is 16.5. The van der Waals surface area contributed by atoms with Gasteiger partial charge >= 0.3 is 0 Å². The molecular formula is C27H31N7O4. The van der Waals surface area contributed by atoms with Gasteiger partial charge in [0.2, 0.25) is 5.91 Å². The number of aromatic nitrogens is 4. The van der Waals surface area contributed by atoms with Crippen molar-refractivity contribution < 1.29 is 19.1 Å². The van der Waals surface area contributed by atoms with E-state index >= 15 is 0 Å². The number of carbonyl (C=O) groups is 2. The number of rotatable bonds is 8. The molecule has 11 heteroatoms. The van der Waals surface area contributed by atoms with E-state index in [1.807, 2.05) is 29.1 Å². The van der Waals surface area contributed by atoms with E-state index in [1.54, 1.807) is 13.2 Å². The monoisotopic (exact) mass is 517 g/mol. The third-order valence-electron chi connectivity index (χ3n) is 7.77. The summed E-state index contributed by atoms with van der Waals surface area (Å²) in [6.45, 7) is 0.815. The summed E-state index contributed by atoms with van der Waals surface area (Å²) in [5, 5.41) is 18.6. The van der Waals surface area contributed by atoms with Crippen molar-refractivity contribution in [2.24, 2.45) is 11.7 Å². The third-order valence-corrected chi connectivity index (χ3v) is 7.77. The Hall–Kier alpha value is -3.99. The van der Waals surface area contributed by atoms with Crippen LogP contribution in [0.1, 0.15) is 61.5 Å². The number of methoxy groups -OCH3 is 1. The second-order valence-corrected chi connectivity index (χ2v) is 10.3. The Balaban J connectivity index is 1.30. The summed E-state index contributed by atoms with van der Waals surface area (Å²) in [4.78, 5) is 24.3. The van der Waals surface area contributed by atoms with E-state index in [9.17, 15) is 9.59 Å². The number of para-hydroxylation sites is 1. The molecule has 3 heterocycles. The van der Waals surface area contributed by atoms with Crippen LogP contribution >= 0.6 is 0 Å². The Morgan fingerprint density at radius 1 is 1.16 bits per heavy atom. The lowest BCUT2D eigenvalue weighted by atomic mass is 9.94. The van der Waals surface area contributed by atoms with Gasteiger partial charge in [-0.1, -0.05) is 12.1 Å². The number of carbonyl (C=O) groups excluding carboxylic acids is 2. The number of nitrogens with zero attached hydrogens (tertiary/aromatic N) is 4. The van der Waals surface area contributed by atoms with Gasteiger partial charge in [-0.15, -0.1) is 10.2 Å². The van der Waals surface area contributed by atoms with Gasteiger partial charge in [-0.3, -0.25) is 14.3 Å². The van der Waals surface area contributed by atoms with Crippen molar-refractivity contribution in [2.45, 2.75) is 56.6 Å². The molecule has 2 saturated carbocycles. The number of ether oxygens (including phenoxy) is 2. The van der Waals surface area contributed by atoms with Crippen molar-refractivity contribution in [3.8, 4) is 16.9 Å². The molecular weight excluding hydrogens is 486 g/mol. The molecule has 198 valence electrons. The molecule has 2 amide bonds. The molecule has 38 heavy (non-hydrogen) atoms. The number of hydrogen-bond acceptors (Lipinski definition) is 8. The molecule has 2 aromatic heterocycles. The van der Waals surface area contributed by atoms with E-state index in [0.29, 0.717) is 17.1 Å². The first-order chi connectivity index (χ1) is 18.5. The molecule has 2 atom stereocenters. The Morgan fingerprint density at radius 2 is 2.00 bits per heavy atom. The van der Waals surface area contributed by atoms with Crippen LogP contribution in [0.4, 0.5) is 17.2 Å².